The molecule has 20 heavy (non-hydrogen) atoms. The monoisotopic (exact) mass is 377 g/mol. The van der Waals surface area contributed by atoms with Gasteiger partial charge in [0.05, 0.1) is 18.8 Å². The molecule has 0 aliphatic heterocycles. The van der Waals surface area contributed by atoms with Crippen molar-refractivity contribution in [1.29, 1.82) is 0 Å². The van der Waals surface area contributed by atoms with Crippen LogP contribution in [0.25, 0.3) is 0 Å². The van der Waals surface area contributed by atoms with Gasteiger partial charge in [-0.2, -0.15) is 13.9 Å². The Morgan fingerprint density at radius 3 is 1.00 bits per heavy atom. The van der Waals surface area contributed by atoms with Crippen molar-refractivity contribution in [3.8, 4) is 0 Å². The third-order valence-corrected chi connectivity index (χ3v) is 3.37. The Morgan fingerprint density at radius 2 is 0.850 bits per heavy atom. The molecule has 0 radical (unpaired) electrons. The van der Waals surface area contributed by atoms with E-state index >= 15 is 0 Å². The first-order valence-electron chi connectivity index (χ1n) is 4.18. The molecule has 17 heteroatoms. The summed E-state index contributed by atoms with van der Waals surface area (Å²) in [4.78, 5) is 3.67. The van der Waals surface area contributed by atoms with Gasteiger partial charge in [0.25, 0.3) is 0 Å². The van der Waals surface area contributed by atoms with Crippen LogP contribution >= 0.6 is 7.82 Å². The molecule has 0 aromatic heterocycles. The van der Waals surface area contributed by atoms with E-state index in [2.05, 4.69) is 13.9 Å². The van der Waals surface area contributed by atoms with Gasteiger partial charge in [0.2, 0.25) is 30.1 Å². The average molecular weight is 377 g/mol. The Kier molecular flexibility index (Phi) is 6.68. The van der Waals surface area contributed by atoms with Gasteiger partial charge in [-0.15, -0.1) is 0 Å². The van der Waals surface area contributed by atoms with Crippen molar-refractivity contribution in [2.75, 3.05) is 18.8 Å². The Morgan fingerprint density at radius 1 is 0.650 bits per heavy atom. The van der Waals surface area contributed by atoms with Crippen molar-refractivity contribution >= 4 is 37.9 Å². The van der Waals surface area contributed by atoms with Crippen molar-refractivity contribution in [1.82, 2.24) is 14.7 Å². The molecule has 0 aromatic rings. The van der Waals surface area contributed by atoms with Gasteiger partial charge in [-0.25, -0.2) is 29.8 Å². The van der Waals surface area contributed by atoms with Crippen LogP contribution in [0.5, 0.6) is 0 Å². The van der Waals surface area contributed by atoms with Gasteiger partial charge in [-0.1, -0.05) is 14.7 Å². The number of hydrogen-bond donors (Lipinski definition) is 3. The molecule has 0 aliphatic carbocycles. The van der Waals surface area contributed by atoms with E-state index in [9.17, 15) is 29.8 Å². The van der Waals surface area contributed by atoms with Crippen molar-refractivity contribution < 1.29 is 43.7 Å². The smallest absolute Gasteiger partial charge is 0.223 e. The van der Waals surface area contributed by atoms with Gasteiger partial charge in [0.1, 0.15) is 0 Å². The van der Waals surface area contributed by atoms with Crippen LogP contribution < -0.4 is 14.7 Å². The minimum Gasteiger partial charge on any atom is -0.223 e. The second kappa shape index (κ2) is 6.73. The molecule has 0 heterocycles. The van der Waals surface area contributed by atoms with Gasteiger partial charge in [0.15, 0.2) is 0 Å². The first-order chi connectivity index (χ1) is 8.62. The normalized spacial score (nSPS) is 14.3. The van der Waals surface area contributed by atoms with E-state index in [0.29, 0.717) is 18.8 Å². The lowest BCUT2D eigenvalue weighted by molar-refractivity contribution is 0.0694. The van der Waals surface area contributed by atoms with Crippen LogP contribution in [0.1, 0.15) is 0 Å². The molecule has 0 bridgehead atoms. The molecule has 0 aliphatic rings. The van der Waals surface area contributed by atoms with Crippen molar-refractivity contribution in [2.24, 2.45) is 0 Å². The Balaban J connectivity index is 4.97. The minimum absolute atomic E-state index is 0.603. The highest BCUT2D eigenvalue weighted by Crippen LogP contribution is 2.46. The highest BCUT2D eigenvalue weighted by Gasteiger charge is 2.33. The third kappa shape index (κ3) is 11.6. The van der Waals surface area contributed by atoms with Crippen molar-refractivity contribution in [3.63, 3.8) is 0 Å². The highest BCUT2D eigenvalue weighted by molar-refractivity contribution is 7.89. The quantitative estimate of drug-likeness (QED) is 0.287. The number of rotatable bonds is 9. The molecule has 122 valence electrons. The number of phosphoric acid groups is 1. The third-order valence-electron chi connectivity index (χ3n) is 0.901. The second-order valence-corrected chi connectivity index (χ2v) is 9.86. The van der Waals surface area contributed by atoms with Gasteiger partial charge in [-0.3, -0.25) is 0 Å². The summed E-state index contributed by atoms with van der Waals surface area (Å²) in [6.45, 7) is 0. The summed E-state index contributed by atoms with van der Waals surface area (Å²) in [6, 6.07) is 0. The molecule has 0 rings (SSSR count). The van der Waals surface area contributed by atoms with Crippen LogP contribution in [0, 0.1) is 0 Å². The number of sulfonamides is 3. The summed E-state index contributed by atoms with van der Waals surface area (Å²) in [5.41, 5.74) is 0. The Hall–Kier alpha value is -0.160. The molecule has 0 spiro atoms. The molecular formula is C3H12N3O10PS3. The first-order valence-corrected chi connectivity index (χ1v) is 11.3. The molecule has 0 aromatic carbocycles. The van der Waals surface area contributed by atoms with Gasteiger partial charge >= 0.3 is 7.82 Å². The van der Waals surface area contributed by atoms with Crippen LogP contribution in [0.3, 0.4) is 0 Å². The van der Waals surface area contributed by atoms with E-state index < -0.39 is 37.9 Å². The highest BCUT2D eigenvalue weighted by atomic mass is 32.2. The SMILES string of the molecule is CS(=O)(=O)NOP(=O)(ONS(C)(=O)=O)ONS(C)(=O)=O. The maximum Gasteiger partial charge on any atom is 0.527 e. The lowest BCUT2D eigenvalue weighted by Crippen LogP contribution is -2.30. The maximum atomic E-state index is 11.7. The fourth-order valence-electron chi connectivity index (χ4n) is 0.396. The van der Waals surface area contributed by atoms with E-state index in [4.69, 9.17) is 0 Å². The fraction of sp³-hybridized carbons (Fsp3) is 1.00. The summed E-state index contributed by atoms with van der Waals surface area (Å²) in [5.74, 6) is 0. The first kappa shape index (κ1) is 19.8. The summed E-state index contributed by atoms with van der Waals surface area (Å²) in [5, 5.41) is 0. The van der Waals surface area contributed by atoms with E-state index in [1.807, 2.05) is 0 Å². The van der Waals surface area contributed by atoms with Crippen molar-refractivity contribution in [3.05, 3.63) is 0 Å². The van der Waals surface area contributed by atoms with E-state index in [0.717, 1.165) is 0 Å². The minimum atomic E-state index is -4.98. The zero-order valence-corrected chi connectivity index (χ0v) is 13.6. The molecule has 0 fully saturated rings. The predicted molar refractivity (Wildman–Crippen MR) is 64.8 cm³/mol. The second-order valence-electron chi connectivity index (χ2n) is 3.29. The number of hydrogen-bond acceptors (Lipinski definition) is 10. The standard InChI is InChI=1S/C3H12N3O10PS3/c1-18(8,9)4-14-17(7,15-5-19(2,10)11)16-6-20(3,12)13/h4-6H,1-3H3. The molecule has 0 unspecified atom stereocenters. The fourth-order valence-corrected chi connectivity index (χ4v) is 3.23. The van der Waals surface area contributed by atoms with Crippen molar-refractivity contribution in [2.45, 2.75) is 0 Å². The van der Waals surface area contributed by atoms with Crippen LogP contribution in [0.15, 0.2) is 0 Å². The van der Waals surface area contributed by atoms with Crippen LogP contribution in [0.2, 0.25) is 0 Å². The Labute approximate surface area is 115 Å². The Bertz CT molecular complexity index is 583. The van der Waals surface area contributed by atoms with E-state index in [-0.39, 0.29) is 0 Å². The zero-order chi connectivity index (χ0) is 16.2. The lowest BCUT2D eigenvalue weighted by atomic mass is 12.0. The van der Waals surface area contributed by atoms with Crippen LogP contribution in [0.4, 0.5) is 0 Å². The van der Waals surface area contributed by atoms with Gasteiger partial charge < -0.3 is 0 Å². The van der Waals surface area contributed by atoms with E-state index in [1.165, 1.54) is 14.7 Å². The molecule has 3 N–H and O–H groups in total. The lowest BCUT2D eigenvalue weighted by Gasteiger charge is -2.15. The molecule has 0 amide bonds. The maximum absolute atomic E-state index is 11.7. The summed E-state index contributed by atoms with van der Waals surface area (Å²) >= 11 is 0. The summed E-state index contributed by atoms with van der Waals surface area (Å²) < 4.78 is 88.1. The molecule has 13 nitrogen and oxygen atoms in total. The van der Waals surface area contributed by atoms with Gasteiger partial charge in [0, 0.05) is 0 Å². The molecule has 0 saturated carbocycles. The molecular weight excluding hydrogens is 365 g/mol. The predicted octanol–water partition coefficient (Wildman–Crippen LogP) is -2.46. The van der Waals surface area contributed by atoms with Gasteiger partial charge in [-0.05, 0) is 0 Å². The summed E-state index contributed by atoms with van der Waals surface area (Å²) in [7, 11) is -17.1. The zero-order valence-electron chi connectivity index (χ0n) is 10.3. The number of nitrogens with one attached hydrogen (secondary N) is 3. The topological polar surface area (TPSA) is 183 Å². The summed E-state index contributed by atoms with van der Waals surface area (Å²) in [6.07, 6.45) is 1.81. The van der Waals surface area contributed by atoms with E-state index in [1.54, 1.807) is 0 Å². The average Bonchev–Trinajstić information content (AvgIpc) is 2.18. The van der Waals surface area contributed by atoms with Crippen LogP contribution in [-0.2, 0) is 48.5 Å². The van der Waals surface area contributed by atoms with Crippen LogP contribution in [-0.4, -0.2) is 44.0 Å². The molecule has 0 saturated heterocycles. The largest absolute Gasteiger partial charge is 0.527 e. The molecule has 0 atom stereocenters.